The molecule has 0 saturated carbocycles. The quantitative estimate of drug-likeness (QED) is 0.390. The van der Waals surface area contributed by atoms with Gasteiger partial charge in [-0.3, -0.25) is 10.1 Å². The molecule has 0 atom stereocenters. The number of carbonyl (C=O) groups excluding carboxylic acids is 3. The van der Waals surface area contributed by atoms with Gasteiger partial charge in [0.05, 0.1) is 7.11 Å². The molecule has 0 radical (unpaired) electrons. The molecule has 0 saturated heterocycles. The summed E-state index contributed by atoms with van der Waals surface area (Å²) in [4.78, 5) is 36.3. The van der Waals surface area contributed by atoms with Gasteiger partial charge >= 0.3 is 12.1 Å². The normalized spacial score (nSPS) is 11.4. The Morgan fingerprint density at radius 1 is 0.788 bits per heavy atom. The van der Waals surface area contributed by atoms with Gasteiger partial charge in [0.25, 0.3) is 5.91 Å². The Labute approximate surface area is 188 Å². The van der Waals surface area contributed by atoms with E-state index < -0.39 is 23.6 Å². The van der Waals surface area contributed by atoms with Crippen LogP contribution in [0.1, 0.15) is 41.9 Å². The highest BCUT2D eigenvalue weighted by atomic mass is 16.6. The molecule has 0 aliphatic carbocycles. The van der Waals surface area contributed by atoms with Crippen LogP contribution in [0.4, 0.5) is 16.2 Å². The first-order chi connectivity index (χ1) is 15.6. The second-order valence-electron chi connectivity index (χ2n) is 8.30. The van der Waals surface area contributed by atoms with Gasteiger partial charge in [0.2, 0.25) is 5.76 Å². The second kappa shape index (κ2) is 8.34. The molecule has 0 aliphatic heterocycles. The fourth-order valence-corrected chi connectivity index (χ4v) is 3.17. The number of hydrogen-bond donors (Lipinski definition) is 2. The molecule has 2 aromatic carbocycles. The largest absolute Gasteiger partial charge is 0.463 e. The highest BCUT2D eigenvalue weighted by Crippen LogP contribution is 2.26. The molecule has 4 rings (SSSR count). The van der Waals surface area contributed by atoms with Gasteiger partial charge in [-0.05, 0) is 69.3 Å². The van der Waals surface area contributed by atoms with Crippen LogP contribution in [-0.4, -0.2) is 30.7 Å². The zero-order valence-corrected chi connectivity index (χ0v) is 18.5. The molecule has 4 aromatic rings. The van der Waals surface area contributed by atoms with Crippen LogP contribution in [-0.2, 0) is 9.47 Å². The van der Waals surface area contributed by atoms with E-state index >= 15 is 0 Å². The average Bonchev–Trinajstić information content (AvgIpc) is 3.35. The van der Waals surface area contributed by atoms with E-state index in [0.717, 1.165) is 0 Å². The van der Waals surface area contributed by atoms with Crippen LogP contribution in [0.3, 0.4) is 0 Å². The van der Waals surface area contributed by atoms with Crippen molar-refractivity contribution in [3.8, 4) is 0 Å². The number of methoxy groups -OCH3 is 1. The maximum atomic E-state index is 12.7. The zero-order chi connectivity index (χ0) is 23.8. The summed E-state index contributed by atoms with van der Waals surface area (Å²) in [6.07, 6.45) is -0.576. The summed E-state index contributed by atoms with van der Waals surface area (Å²) in [6.45, 7) is 5.33. The zero-order valence-electron chi connectivity index (χ0n) is 18.5. The van der Waals surface area contributed by atoms with Crippen LogP contribution in [0.5, 0.6) is 0 Å². The third-order valence-corrected chi connectivity index (χ3v) is 4.55. The van der Waals surface area contributed by atoms with Gasteiger partial charge in [0.1, 0.15) is 16.8 Å². The van der Waals surface area contributed by atoms with Gasteiger partial charge in [0, 0.05) is 22.1 Å². The number of benzene rings is 2. The van der Waals surface area contributed by atoms with E-state index in [1.165, 1.54) is 13.2 Å². The molecule has 9 nitrogen and oxygen atoms in total. The first-order valence-corrected chi connectivity index (χ1v) is 10.1. The third-order valence-electron chi connectivity index (χ3n) is 4.55. The first kappa shape index (κ1) is 21.9. The van der Waals surface area contributed by atoms with Gasteiger partial charge in [0.15, 0.2) is 5.76 Å². The summed E-state index contributed by atoms with van der Waals surface area (Å²) in [7, 11) is 1.27. The molecular formula is C24H22N2O7. The maximum absolute atomic E-state index is 12.7. The third kappa shape index (κ3) is 4.98. The summed E-state index contributed by atoms with van der Waals surface area (Å²) in [5, 5.41) is 6.69. The minimum Gasteiger partial charge on any atom is -0.463 e. The topological polar surface area (TPSA) is 120 Å². The van der Waals surface area contributed by atoms with Crippen LogP contribution in [0.15, 0.2) is 57.4 Å². The van der Waals surface area contributed by atoms with E-state index in [2.05, 4.69) is 15.4 Å². The number of hydrogen-bond acceptors (Lipinski definition) is 7. The number of fused-ring (bicyclic) bond motifs is 2. The Morgan fingerprint density at radius 2 is 1.33 bits per heavy atom. The smallest absolute Gasteiger partial charge is 0.412 e. The fourth-order valence-electron chi connectivity index (χ4n) is 3.17. The Kier molecular flexibility index (Phi) is 5.55. The summed E-state index contributed by atoms with van der Waals surface area (Å²) >= 11 is 0. The Balaban J connectivity index is 1.50. The van der Waals surface area contributed by atoms with E-state index in [0.29, 0.717) is 33.3 Å². The van der Waals surface area contributed by atoms with Crippen molar-refractivity contribution >= 4 is 51.3 Å². The number of esters is 1. The number of nitrogens with one attached hydrogen (secondary N) is 2. The van der Waals surface area contributed by atoms with E-state index in [1.807, 2.05) is 0 Å². The van der Waals surface area contributed by atoms with Crippen molar-refractivity contribution in [1.82, 2.24) is 0 Å². The van der Waals surface area contributed by atoms with Crippen molar-refractivity contribution in [3.05, 3.63) is 60.1 Å². The second-order valence-corrected chi connectivity index (χ2v) is 8.30. The molecule has 2 N–H and O–H groups in total. The number of rotatable bonds is 4. The fraction of sp³-hybridized carbons (Fsp3) is 0.208. The maximum Gasteiger partial charge on any atom is 0.412 e. The van der Waals surface area contributed by atoms with Crippen molar-refractivity contribution in [2.75, 3.05) is 17.7 Å². The first-order valence-electron chi connectivity index (χ1n) is 10.1. The molecule has 9 heteroatoms. The SMILES string of the molecule is COC(=O)c1cc2cc(NC(=O)c3cc4cc(NC(=O)OC(C)(C)C)ccc4o3)ccc2o1. The molecular weight excluding hydrogens is 428 g/mol. The van der Waals surface area contributed by atoms with E-state index in [-0.39, 0.29) is 11.5 Å². The van der Waals surface area contributed by atoms with E-state index in [4.69, 9.17) is 13.6 Å². The number of amides is 2. The number of anilines is 2. The monoisotopic (exact) mass is 450 g/mol. The Bertz CT molecular complexity index is 1370. The lowest BCUT2D eigenvalue weighted by Crippen LogP contribution is -2.27. The standard InChI is InChI=1S/C24H22N2O7/c1-24(2,3)33-23(29)26-16-6-8-17-13(10-16)11-19(31-17)21(27)25-15-5-7-18-14(9-15)12-20(32-18)22(28)30-4/h5-12H,1-4H3,(H,25,27)(H,26,29). The molecule has 2 aromatic heterocycles. The van der Waals surface area contributed by atoms with Crippen molar-refractivity contribution in [3.63, 3.8) is 0 Å². The van der Waals surface area contributed by atoms with Crippen molar-refractivity contribution in [2.45, 2.75) is 26.4 Å². The van der Waals surface area contributed by atoms with Crippen LogP contribution < -0.4 is 10.6 Å². The summed E-state index contributed by atoms with van der Waals surface area (Å²) in [5.41, 5.74) is 1.37. The highest BCUT2D eigenvalue weighted by Gasteiger charge is 2.18. The van der Waals surface area contributed by atoms with Gasteiger partial charge in [-0.2, -0.15) is 0 Å². The molecule has 0 fully saturated rings. The lowest BCUT2D eigenvalue weighted by molar-refractivity contribution is 0.0566. The minimum absolute atomic E-state index is 0.0732. The number of ether oxygens (including phenoxy) is 2. The van der Waals surface area contributed by atoms with Gasteiger partial charge in [-0.15, -0.1) is 0 Å². The molecule has 0 bridgehead atoms. The molecule has 33 heavy (non-hydrogen) atoms. The highest BCUT2D eigenvalue weighted by molar-refractivity contribution is 6.06. The van der Waals surface area contributed by atoms with Crippen LogP contribution in [0, 0.1) is 0 Å². The molecule has 2 amide bonds. The number of carbonyl (C=O) groups is 3. The summed E-state index contributed by atoms with van der Waals surface area (Å²) < 4.78 is 21.0. The molecule has 0 spiro atoms. The van der Waals surface area contributed by atoms with Crippen LogP contribution in [0.2, 0.25) is 0 Å². The van der Waals surface area contributed by atoms with Crippen LogP contribution >= 0.6 is 0 Å². The predicted octanol–water partition coefficient (Wildman–Crippen LogP) is 5.56. The summed E-state index contributed by atoms with van der Waals surface area (Å²) in [5.74, 6) is -0.866. The summed E-state index contributed by atoms with van der Waals surface area (Å²) in [6, 6.07) is 13.1. The van der Waals surface area contributed by atoms with Crippen molar-refractivity contribution in [1.29, 1.82) is 0 Å². The molecule has 0 aliphatic rings. The van der Waals surface area contributed by atoms with Crippen LogP contribution in [0.25, 0.3) is 21.9 Å². The van der Waals surface area contributed by atoms with Gasteiger partial charge < -0.3 is 23.6 Å². The number of furan rings is 2. The lowest BCUT2D eigenvalue weighted by Gasteiger charge is -2.19. The Morgan fingerprint density at radius 3 is 1.91 bits per heavy atom. The van der Waals surface area contributed by atoms with Crippen molar-refractivity contribution in [2.24, 2.45) is 0 Å². The average molecular weight is 450 g/mol. The Hall–Kier alpha value is -4.27. The van der Waals surface area contributed by atoms with Gasteiger partial charge in [-0.25, -0.2) is 9.59 Å². The van der Waals surface area contributed by atoms with E-state index in [1.54, 1.807) is 63.2 Å². The van der Waals surface area contributed by atoms with Crippen molar-refractivity contribution < 1.29 is 32.7 Å². The molecule has 170 valence electrons. The molecule has 2 heterocycles. The van der Waals surface area contributed by atoms with Gasteiger partial charge in [-0.1, -0.05) is 0 Å². The minimum atomic E-state index is -0.616. The lowest BCUT2D eigenvalue weighted by atomic mass is 10.2. The molecule has 0 unspecified atom stereocenters. The van der Waals surface area contributed by atoms with E-state index in [9.17, 15) is 14.4 Å². The predicted molar refractivity (Wildman–Crippen MR) is 122 cm³/mol.